The standard InChI is InChI=1S/C23H33N5O/c1-3-8-20(9-4-2)23(29)28-16-14-27(15-17-28)22-13-12-21(25-26-22)24-18-19-10-6-5-7-11-19/h5-7,10-13,20H,3-4,8-9,14-18H2,1-2H3,(H,24,25). The molecule has 0 bridgehead atoms. The largest absolute Gasteiger partial charge is 0.365 e. The molecule has 1 saturated heterocycles. The van der Waals surface area contributed by atoms with Crippen LogP contribution in [0.1, 0.15) is 45.1 Å². The lowest BCUT2D eigenvalue weighted by molar-refractivity contribution is -0.136. The zero-order chi connectivity index (χ0) is 20.5. The van der Waals surface area contributed by atoms with E-state index in [-0.39, 0.29) is 5.92 Å². The molecule has 29 heavy (non-hydrogen) atoms. The van der Waals surface area contributed by atoms with E-state index in [4.69, 9.17) is 0 Å². The number of anilines is 2. The molecule has 0 radical (unpaired) electrons. The molecule has 0 saturated carbocycles. The summed E-state index contributed by atoms with van der Waals surface area (Å²) in [7, 11) is 0. The third-order valence-corrected chi connectivity index (χ3v) is 5.51. The summed E-state index contributed by atoms with van der Waals surface area (Å²) >= 11 is 0. The zero-order valence-corrected chi connectivity index (χ0v) is 17.7. The van der Waals surface area contributed by atoms with E-state index in [0.29, 0.717) is 5.91 Å². The van der Waals surface area contributed by atoms with Crippen LogP contribution in [-0.2, 0) is 11.3 Å². The van der Waals surface area contributed by atoms with Crippen LogP contribution in [0.5, 0.6) is 0 Å². The average Bonchev–Trinajstić information content (AvgIpc) is 2.78. The first-order valence-electron chi connectivity index (χ1n) is 10.9. The number of carbonyl (C=O) groups is 1. The summed E-state index contributed by atoms with van der Waals surface area (Å²) in [6, 6.07) is 14.2. The van der Waals surface area contributed by atoms with Crippen LogP contribution in [0.3, 0.4) is 0 Å². The van der Waals surface area contributed by atoms with E-state index >= 15 is 0 Å². The van der Waals surface area contributed by atoms with Gasteiger partial charge < -0.3 is 15.1 Å². The first-order chi connectivity index (χ1) is 14.2. The summed E-state index contributed by atoms with van der Waals surface area (Å²) in [6.45, 7) is 8.18. The summed E-state index contributed by atoms with van der Waals surface area (Å²) in [5.41, 5.74) is 1.21. The number of amides is 1. The van der Waals surface area contributed by atoms with Gasteiger partial charge in [-0.1, -0.05) is 57.0 Å². The van der Waals surface area contributed by atoms with Gasteiger partial charge in [-0.05, 0) is 30.5 Å². The van der Waals surface area contributed by atoms with Crippen molar-refractivity contribution in [1.82, 2.24) is 15.1 Å². The Bertz CT molecular complexity index is 736. The molecule has 3 rings (SSSR count). The first kappa shape index (κ1) is 21.1. The maximum atomic E-state index is 12.8. The average molecular weight is 396 g/mol. The van der Waals surface area contributed by atoms with E-state index in [9.17, 15) is 4.79 Å². The second kappa shape index (κ2) is 10.8. The van der Waals surface area contributed by atoms with Gasteiger partial charge in [0, 0.05) is 38.6 Å². The lowest BCUT2D eigenvalue weighted by Gasteiger charge is -2.36. The number of nitrogens with zero attached hydrogens (tertiary/aromatic N) is 4. The van der Waals surface area contributed by atoms with Gasteiger partial charge >= 0.3 is 0 Å². The van der Waals surface area contributed by atoms with Gasteiger partial charge in [-0.15, -0.1) is 10.2 Å². The third kappa shape index (κ3) is 5.92. The van der Waals surface area contributed by atoms with Gasteiger partial charge in [0.1, 0.15) is 5.82 Å². The lowest BCUT2D eigenvalue weighted by Crippen LogP contribution is -2.50. The lowest BCUT2D eigenvalue weighted by atomic mass is 9.96. The molecule has 1 aromatic carbocycles. The molecule has 0 aliphatic carbocycles. The van der Waals surface area contributed by atoms with Crippen LogP contribution in [0, 0.1) is 5.92 Å². The minimum atomic E-state index is 0.186. The highest BCUT2D eigenvalue weighted by molar-refractivity contribution is 5.79. The fraction of sp³-hybridized carbons (Fsp3) is 0.522. The Hall–Kier alpha value is -2.63. The van der Waals surface area contributed by atoms with Gasteiger partial charge in [0.25, 0.3) is 0 Å². The van der Waals surface area contributed by atoms with Gasteiger partial charge in [0.2, 0.25) is 5.91 Å². The number of rotatable bonds is 9. The smallest absolute Gasteiger partial charge is 0.225 e. The topological polar surface area (TPSA) is 61.4 Å². The van der Waals surface area contributed by atoms with E-state index in [1.165, 1.54) is 5.56 Å². The second-order valence-corrected chi connectivity index (χ2v) is 7.70. The Labute approximate surface area is 174 Å². The molecule has 1 fully saturated rings. The monoisotopic (exact) mass is 395 g/mol. The summed E-state index contributed by atoms with van der Waals surface area (Å²) in [5.74, 6) is 2.17. The predicted molar refractivity (Wildman–Crippen MR) is 118 cm³/mol. The Kier molecular flexibility index (Phi) is 7.85. The molecule has 1 N–H and O–H groups in total. The van der Waals surface area contributed by atoms with Gasteiger partial charge in [0.15, 0.2) is 5.82 Å². The van der Waals surface area contributed by atoms with Crippen LogP contribution < -0.4 is 10.2 Å². The van der Waals surface area contributed by atoms with E-state index in [1.807, 2.05) is 35.2 Å². The van der Waals surface area contributed by atoms with Crippen molar-refractivity contribution in [2.24, 2.45) is 5.92 Å². The minimum absolute atomic E-state index is 0.186. The Morgan fingerprint density at radius 1 is 0.966 bits per heavy atom. The maximum absolute atomic E-state index is 12.8. The van der Waals surface area contributed by atoms with Gasteiger partial charge in [-0.2, -0.15) is 0 Å². The first-order valence-corrected chi connectivity index (χ1v) is 10.9. The van der Waals surface area contributed by atoms with Crippen LogP contribution in [0.4, 0.5) is 11.6 Å². The van der Waals surface area contributed by atoms with Crippen molar-refractivity contribution in [2.75, 3.05) is 36.4 Å². The molecule has 1 amide bonds. The summed E-state index contributed by atoms with van der Waals surface area (Å²) < 4.78 is 0. The Morgan fingerprint density at radius 2 is 1.66 bits per heavy atom. The number of hydrogen-bond donors (Lipinski definition) is 1. The van der Waals surface area contributed by atoms with Crippen molar-refractivity contribution >= 4 is 17.5 Å². The van der Waals surface area contributed by atoms with Crippen LogP contribution in [0.25, 0.3) is 0 Å². The Morgan fingerprint density at radius 3 is 2.24 bits per heavy atom. The van der Waals surface area contributed by atoms with Crippen molar-refractivity contribution in [3.8, 4) is 0 Å². The molecular weight excluding hydrogens is 362 g/mol. The summed E-state index contributed by atoms with van der Waals surface area (Å²) in [4.78, 5) is 17.1. The molecule has 1 aromatic heterocycles. The molecule has 1 aliphatic heterocycles. The molecule has 2 heterocycles. The minimum Gasteiger partial charge on any atom is -0.365 e. The quantitative estimate of drug-likeness (QED) is 0.696. The fourth-order valence-corrected chi connectivity index (χ4v) is 3.88. The van der Waals surface area contributed by atoms with Crippen molar-refractivity contribution in [2.45, 2.75) is 46.1 Å². The van der Waals surface area contributed by atoms with Gasteiger partial charge in [0.05, 0.1) is 0 Å². The SMILES string of the molecule is CCCC(CCC)C(=O)N1CCN(c2ccc(NCc3ccccc3)nn2)CC1. The number of aromatic nitrogens is 2. The van der Waals surface area contributed by atoms with Crippen LogP contribution in [0.2, 0.25) is 0 Å². The van der Waals surface area contributed by atoms with Crippen molar-refractivity contribution in [3.05, 3.63) is 48.0 Å². The van der Waals surface area contributed by atoms with Crippen molar-refractivity contribution in [3.63, 3.8) is 0 Å². The number of hydrogen-bond acceptors (Lipinski definition) is 5. The molecule has 1 aliphatic rings. The highest BCUT2D eigenvalue weighted by atomic mass is 16.2. The van der Waals surface area contributed by atoms with Crippen LogP contribution >= 0.6 is 0 Å². The molecule has 0 unspecified atom stereocenters. The number of carbonyl (C=O) groups excluding carboxylic acids is 1. The second-order valence-electron chi connectivity index (χ2n) is 7.70. The third-order valence-electron chi connectivity index (χ3n) is 5.51. The van der Waals surface area contributed by atoms with Crippen molar-refractivity contribution in [1.29, 1.82) is 0 Å². The van der Waals surface area contributed by atoms with Gasteiger partial charge in [-0.25, -0.2) is 0 Å². The number of benzene rings is 1. The highest BCUT2D eigenvalue weighted by Gasteiger charge is 2.26. The van der Waals surface area contributed by atoms with E-state index < -0.39 is 0 Å². The molecule has 156 valence electrons. The normalized spacial score (nSPS) is 14.3. The van der Waals surface area contributed by atoms with E-state index in [1.54, 1.807) is 0 Å². The van der Waals surface area contributed by atoms with E-state index in [2.05, 4.69) is 46.4 Å². The van der Waals surface area contributed by atoms with Crippen LogP contribution in [0.15, 0.2) is 42.5 Å². The fourth-order valence-electron chi connectivity index (χ4n) is 3.88. The summed E-state index contributed by atoms with van der Waals surface area (Å²) in [5, 5.41) is 12.0. The highest BCUT2D eigenvalue weighted by Crippen LogP contribution is 2.20. The molecule has 6 heteroatoms. The Balaban J connectivity index is 1.49. The number of nitrogens with one attached hydrogen (secondary N) is 1. The maximum Gasteiger partial charge on any atom is 0.225 e. The molecule has 6 nitrogen and oxygen atoms in total. The number of piperazine rings is 1. The summed E-state index contributed by atoms with van der Waals surface area (Å²) in [6.07, 6.45) is 4.12. The van der Waals surface area contributed by atoms with Gasteiger partial charge in [-0.3, -0.25) is 4.79 Å². The van der Waals surface area contributed by atoms with Crippen LogP contribution in [-0.4, -0.2) is 47.2 Å². The molecule has 0 atom stereocenters. The molecular formula is C23H33N5O. The molecule has 0 spiro atoms. The molecule has 2 aromatic rings. The predicted octanol–water partition coefficient (Wildman–Crippen LogP) is 3.95. The van der Waals surface area contributed by atoms with E-state index in [0.717, 1.165) is 70.0 Å². The van der Waals surface area contributed by atoms with Crippen molar-refractivity contribution < 1.29 is 4.79 Å². The zero-order valence-electron chi connectivity index (χ0n) is 17.7.